The van der Waals surface area contributed by atoms with Gasteiger partial charge in [0.1, 0.15) is 0 Å². The van der Waals surface area contributed by atoms with Gasteiger partial charge >= 0.3 is 11.9 Å². The summed E-state index contributed by atoms with van der Waals surface area (Å²) >= 11 is 3.33. The lowest BCUT2D eigenvalue weighted by molar-refractivity contribution is -0.162. The lowest BCUT2D eigenvalue weighted by Gasteiger charge is -2.28. The summed E-state index contributed by atoms with van der Waals surface area (Å²) < 4.78 is 5.80. The van der Waals surface area contributed by atoms with Crippen LogP contribution in [0.25, 0.3) is 0 Å². The van der Waals surface area contributed by atoms with Crippen LogP contribution in [0.5, 0.6) is 0 Å². The van der Waals surface area contributed by atoms with Gasteiger partial charge in [-0.05, 0) is 31.0 Å². The number of carboxylic acid groups (broad SMARTS) is 1. The summed E-state index contributed by atoms with van der Waals surface area (Å²) in [6.07, 6.45) is 2.74. The van der Waals surface area contributed by atoms with E-state index in [9.17, 15) is 14.7 Å². The summed E-state index contributed by atoms with van der Waals surface area (Å²) in [7, 11) is 0. The number of aliphatic carboxylic acids is 1. The second-order valence-corrected chi connectivity index (χ2v) is 5.81. The van der Waals surface area contributed by atoms with Gasteiger partial charge in [-0.25, -0.2) is 0 Å². The van der Waals surface area contributed by atoms with Crippen molar-refractivity contribution in [2.45, 2.75) is 44.9 Å². The van der Waals surface area contributed by atoms with E-state index >= 15 is 0 Å². The van der Waals surface area contributed by atoms with Crippen LogP contribution in [-0.4, -0.2) is 23.7 Å². The Morgan fingerprint density at radius 1 is 1.29 bits per heavy atom. The van der Waals surface area contributed by atoms with Crippen molar-refractivity contribution in [1.29, 1.82) is 0 Å². The van der Waals surface area contributed by atoms with E-state index in [4.69, 9.17) is 4.74 Å². The third kappa shape index (κ3) is 4.06. The summed E-state index contributed by atoms with van der Waals surface area (Å²) in [6.45, 7) is 3.87. The molecule has 0 spiro atoms. The number of hydrogen-bond donors (Lipinski definition) is 1. The van der Waals surface area contributed by atoms with Crippen LogP contribution < -0.4 is 0 Å². The van der Waals surface area contributed by atoms with Gasteiger partial charge in [0.25, 0.3) is 0 Å². The Balaban J connectivity index is 3.29. The zero-order valence-electron chi connectivity index (χ0n) is 12.4. The molecule has 0 heterocycles. The molecule has 0 aromatic heterocycles. The highest BCUT2D eigenvalue weighted by Crippen LogP contribution is 2.34. The van der Waals surface area contributed by atoms with Crippen molar-refractivity contribution in [3.8, 4) is 0 Å². The molecule has 0 bridgehead atoms. The Morgan fingerprint density at radius 2 is 2.00 bits per heavy atom. The van der Waals surface area contributed by atoms with E-state index in [1.165, 1.54) is 0 Å². The first kappa shape index (κ1) is 17.7. The number of rotatable bonds is 8. The topological polar surface area (TPSA) is 63.6 Å². The Kier molecular flexibility index (Phi) is 6.89. The maximum absolute atomic E-state index is 12.4. The van der Waals surface area contributed by atoms with Gasteiger partial charge in [-0.15, -0.1) is 0 Å². The van der Waals surface area contributed by atoms with Crippen molar-refractivity contribution >= 4 is 27.9 Å². The Hall–Kier alpha value is -1.36. The summed E-state index contributed by atoms with van der Waals surface area (Å²) in [6, 6.07) is 6.88. The van der Waals surface area contributed by atoms with Crippen LogP contribution in [0.4, 0.5) is 0 Å². The average Bonchev–Trinajstić information content (AvgIpc) is 2.43. The molecule has 0 amide bonds. The molecule has 0 fully saturated rings. The van der Waals surface area contributed by atoms with Crippen molar-refractivity contribution in [2.24, 2.45) is 0 Å². The van der Waals surface area contributed by atoms with Crippen LogP contribution in [-0.2, 0) is 19.7 Å². The molecule has 5 heteroatoms. The fourth-order valence-electron chi connectivity index (χ4n) is 2.33. The summed E-state index contributed by atoms with van der Waals surface area (Å²) in [5.74, 6) is -1.85. The molecule has 0 radical (unpaired) electrons. The number of carbonyl (C=O) groups is 2. The first-order valence-electron chi connectivity index (χ1n) is 7.15. The lowest BCUT2D eigenvalue weighted by atomic mass is 9.76. The number of halogens is 1. The fourth-order valence-corrected chi connectivity index (χ4v) is 2.73. The van der Waals surface area contributed by atoms with Crippen molar-refractivity contribution in [3.05, 3.63) is 34.3 Å². The quantitative estimate of drug-likeness (QED) is 0.435. The highest BCUT2D eigenvalue weighted by Gasteiger charge is 2.48. The van der Waals surface area contributed by atoms with E-state index in [0.29, 0.717) is 12.0 Å². The minimum atomic E-state index is -1.63. The molecule has 0 saturated heterocycles. The predicted molar refractivity (Wildman–Crippen MR) is 84.2 cm³/mol. The van der Waals surface area contributed by atoms with E-state index in [-0.39, 0.29) is 13.0 Å². The highest BCUT2D eigenvalue weighted by molar-refractivity contribution is 9.10. The molecule has 116 valence electrons. The first-order chi connectivity index (χ1) is 9.98. The minimum Gasteiger partial charge on any atom is -0.480 e. The zero-order valence-corrected chi connectivity index (χ0v) is 14.0. The van der Waals surface area contributed by atoms with Crippen molar-refractivity contribution in [2.75, 3.05) is 6.61 Å². The van der Waals surface area contributed by atoms with Crippen molar-refractivity contribution in [1.82, 2.24) is 0 Å². The zero-order chi connectivity index (χ0) is 15.9. The number of ether oxygens (including phenoxy) is 1. The van der Waals surface area contributed by atoms with Gasteiger partial charge in [0.2, 0.25) is 0 Å². The third-order valence-electron chi connectivity index (χ3n) is 3.46. The van der Waals surface area contributed by atoms with Gasteiger partial charge < -0.3 is 9.84 Å². The van der Waals surface area contributed by atoms with Gasteiger partial charge in [0.05, 0.1) is 6.61 Å². The first-order valence-corrected chi connectivity index (χ1v) is 7.95. The molecule has 1 aromatic carbocycles. The maximum Gasteiger partial charge on any atom is 0.328 e. The van der Waals surface area contributed by atoms with E-state index in [2.05, 4.69) is 15.9 Å². The molecule has 1 N–H and O–H groups in total. The van der Waals surface area contributed by atoms with E-state index < -0.39 is 17.4 Å². The van der Waals surface area contributed by atoms with Gasteiger partial charge in [-0.1, -0.05) is 54.2 Å². The monoisotopic (exact) mass is 356 g/mol. The lowest BCUT2D eigenvalue weighted by Crippen LogP contribution is -2.45. The van der Waals surface area contributed by atoms with Crippen LogP contribution in [0.2, 0.25) is 0 Å². The molecule has 1 unspecified atom stereocenters. The summed E-state index contributed by atoms with van der Waals surface area (Å²) in [5, 5.41) is 9.75. The van der Waals surface area contributed by atoms with Crippen molar-refractivity contribution < 1.29 is 19.4 Å². The third-order valence-corrected chi connectivity index (χ3v) is 3.95. The SMILES string of the molecule is CCCCCC(C(=O)O)(C(=O)OCC)c1cccc(Br)c1. The number of hydrogen-bond acceptors (Lipinski definition) is 3. The number of carboxylic acids is 1. The molecular formula is C16H21BrO4. The van der Waals surface area contributed by atoms with E-state index in [0.717, 1.165) is 17.3 Å². The van der Waals surface area contributed by atoms with Crippen LogP contribution in [0.3, 0.4) is 0 Å². The molecule has 0 aliphatic rings. The Labute approximate surface area is 133 Å². The van der Waals surface area contributed by atoms with E-state index in [1.807, 2.05) is 6.92 Å². The fraction of sp³-hybridized carbons (Fsp3) is 0.500. The maximum atomic E-state index is 12.4. The average molecular weight is 357 g/mol. The van der Waals surface area contributed by atoms with Gasteiger partial charge in [0.15, 0.2) is 5.41 Å². The Morgan fingerprint density at radius 3 is 2.52 bits per heavy atom. The number of unbranched alkanes of at least 4 members (excludes halogenated alkanes) is 2. The molecule has 0 aliphatic heterocycles. The predicted octanol–water partition coefficient (Wildman–Crippen LogP) is 3.91. The minimum absolute atomic E-state index is 0.162. The second kappa shape index (κ2) is 8.17. The van der Waals surface area contributed by atoms with Gasteiger partial charge in [-0.2, -0.15) is 0 Å². The highest BCUT2D eigenvalue weighted by atomic mass is 79.9. The van der Waals surface area contributed by atoms with Gasteiger partial charge in [0, 0.05) is 4.47 Å². The molecule has 1 aromatic rings. The van der Waals surface area contributed by atoms with Gasteiger partial charge in [-0.3, -0.25) is 9.59 Å². The van der Waals surface area contributed by atoms with Crippen LogP contribution in [0, 0.1) is 0 Å². The molecule has 0 saturated carbocycles. The van der Waals surface area contributed by atoms with Crippen LogP contribution in [0.15, 0.2) is 28.7 Å². The summed E-state index contributed by atoms with van der Waals surface area (Å²) in [5.41, 5.74) is -1.17. The molecular weight excluding hydrogens is 336 g/mol. The number of carbonyl (C=O) groups excluding carboxylic acids is 1. The standard InChI is InChI=1S/C16H21BrO4/c1-3-5-6-10-16(14(18)19,15(20)21-4-2)12-8-7-9-13(17)11-12/h7-9,11H,3-6,10H2,1-2H3,(H,18,19). The second-order valence-electron chi connectivity index (χ2n) is 4.90. The van der Waals surface area contributed by atoms with Crippen LogP contribution >= 0.6 is 15.9 Å². The van der Waals surface area contributed by atoms with Crippen molar-refractivity contribution in [3.63, 3.8) is 0 Å². The molecule has 1 atom stereocenters. The normalized spacial score (nSPS) is 13.5. The molecule has 1 rings (SSSR count). The smallest absolute Gasteiger partial charge is 0.328 e. The number of esters is 1. The molecule has 4 nitrogen and oxygen atoms in total. The summed E-state index contributed by atoms with van der Waals surface area (Å²) in [4.78, 5) is 24.3. The van der Waals surface area contributed by atoms with E-state index in [1.54, 1.807) is 31.2 Å². The number of benzene rings is 1. The molecule has 21 heavy (non-hydrogen) atoms. The Bertz CT molecular complexity index is 501. The van der Waals surface area contributed by atoms with Crippen LogP contribution in [0.1, 0.15) is 45.1 Å². The largest absolute Gasteiger partial charge is 0.480 e. The molecule has 0 aliphatic carbocycles.